The molecule has 9 heteroatoms. The van der Waals surface area contributed by atoms with Crippen molar-refractivity contribution < 1.29 is 13.2 Å². The molecule has 0 amide bonds. The molecule has 0 spiro atoms. The Kier molecular flexibility index (Phi) is 2.69. The van der Waals surface area contributed by atoms with Crippen molar-refractivity contribution in [3.05, 3.63) is 23.2 Å². The first-order valence-corrected chi connectivity index (χ1v) is 6.14. The second-order valence-electron chi connectivity index (χ2n) is 4.68. The maximum atomic E-state index is 13.2. The van der Waals surface area contributed by atoms with Gasteiger partial charge in [0.05, 0.1) is 0 Å². The molecule has 2 aromatic rings. The van der Waals surface area contributed by atoms with E-state index in [1.807, 2.05) is 0 Å². The third-order valence-electron chi connectivity index (χ3n) is 3.38. The van der Waals surface area contributed by atoms with Gasteiger partial charge in [-0.1, -0.05) is 11.6 Å². The van der Waals surface area contributed by atoms with Crippen molar-refractivity contribution in [2.24, 2.45) is 0 Å². The van der Waals surface area contributed by atoms with E-state index < -0.39 is 11.7 Å². The average Bonchev–Trinajstić information content (AvgIpc) is 3.03. The summed E-state index contributed by atoms with van der Waals surface area (Å²) in [4.78, 5) is 0. The summed E-state index contributed by atoms with van der Waals surface area (Å²) in [6.07, 6.45) is -4.48. The molecular formula is C11H9ClF3N5. The minimum absolute atomic E-state index is 0.00556. The lowest BCUT2D eigenvalue weighted by molar-refractivity contribution is -0.182. The fourth-order valence-electron chi connectivity index (χ4n) is 2.11. The SMILES string of the molecule is Nc1cc(Cl)ccc1-c1nnnn1C1(C(F)(F)F)CC1. The number of tetrazole rings is 1. The minimum atomic E-state index is -4.40. The van der Waals surface area contributed by atoms with Gasteiger partial charge in [0.1, 0.15) is 0 Å². The second-order valence-corrected chi connectivity index (χ2v) is 5.11. The summed E-state index contributed by atoms with van der Waals surface area (Å²) in [5.74, 6) is -0.00556. The molecule has 5 nitrogen and oxygen atoms in total. The lowest BCUT2D eigenvalue weighted by atomic mass is 10.1. The van der Waals surface area contributed by atoms with Crippen LogP contribution in [-0.4, -0.2) is 26.4 Å². The van der Waals surface area contributed by atoms with E-state index in [0.717, 1.165) is 4.68 Å². The van der Waals surface area contributed by atoms with Crippen LogP contribution < -0.4 is 5.73 Å². The van der Waals surface area contributed by atoms with Gasteiger partial charge in [0.15, 0.2) is 11.4 Å². The summed E-state index contributed by atoms with van der Waals surface area (Å²) in [5, 5.41) is 10.9. The Morgan fingerprint density at radius 2 is 2.00 bits per heavy atom. The Hall–Kier alpha value is -1.83. The van der Waals surface area contributed by atoms with Crippen LogP contribution in [0.25, 0.3) is 11.4 Å². The van der Waals surface area contributed by atoms with E-state index in [4.69, 9.17) is 17.3 Å². The molecule has 1 saturated carbocycles. The van der Waals surface area contributed by atoms with Crippen LogP contribution in [0, 0.1) is 0 Å². The van der Waals surface area contributed by atoms with E-state index in [1.165, 1.54) is 18.2 Å². The zero-order valence-corrected chi connectivity index (χ0v) is 10.8. The molecule has 0 aliphatic heterocycles. The molecule has 3 rings (SSSR count). The van der Waals surface area contributed by atoms with E-state index in [-0.39, 0.29) is 24.4 Å². The molecule has 1 aliphatic rings. The van der Waals surface area contributed by atoms with E-state index in [0.29, 0.717) is 10.6 Å². The topological polar surface area (TPSA) is 69.6 Å². The number of benzene rings is 1. The van der Waals surface area contributed by atoms with Gasteiger partial charge in [-0.25, -0.2) is 4.68 Å². The molecule has 2 N–H and O–H groups in total. The van der Waals surface area contributed by atoms with Crippen LogP contribution in [0.1, 0.15) is 12.8 Å². The van der Waals surface area contributed by atoms with Crippen molar-refractivity contribution in [2.45, 2.75) is 24.6 Å². The van der Waals surface area contributed by atoms with E-state index in [2.05, 4.69) is 15.5 Å². The molecule has 0 unspecified atom stereocenters. The van der Waals surface area contributed by atoms with Crippen molar-refractivity contribution in [2.75, 3.05) is 5.73 Å². The Morgan fingerprint density at radius 1 is 1.30 bits per heavy atom. The molecule has 0 saturated heterocycles. The Bertz CT molecular complexity index is 662. The lowest BCUT2D eigenvalue weighted by Crippen LogP contribution is -2.36. The number of nitrogens with two attached hydrogens (primary N) is 1. The molecule has 0 atom stereocenters. The van der Waals surface area contributed by atoms with Gasteiger partial charge in [-0.05, 0) is 41.5 Å². The Morgan fingerprint density at radius 3 is 2.55 bits per heavy atom. The first-order valence-electron chi connectivity index (χ1n) is 5.76. The highest BCUT2D eigenvalue weighted by Crippen LogP contribution is 2.56. The summed E-state index contributed by atoms with van der Waals surface area (Å²) in [7, 11) is 0. The summed E-state index contributed by atoms with van der Waals surface area (Å²) in [6.45, 7) is 0. The number of anilines is 1. The smallest absolute Gasteiger partial charge is 0.398 e. The largest absolute Gasteiger partial charge is 0.413 e. The van der Waals surface area contributed by atoms with Gasteiger partial charge >= 0.3 is 6.18 Å². The van der Waals surface area contributed by atoms with Crippen LogP contribution in [-0.2, 0) is 5.54 Å². The number of aromatic nitrogens is 4. The molecule has 1 aromatic heterocycles. The predicted octanol–water partition coefficient (Wildman–Crippen LogP) is 2.63. The summed E-state index contributed by atoms with van der Waals surface area (Å²) >= 11 is 5.77. The first-order chi connectivity index (χ1) is 9.35. The molecule has 20 heavy (non-hydrogen) atoms. The van der Waals surface area contributed by atoms with Crippen molar-refractivity contribution in [1.29, 1.82) is 0 Å². The molecular weight excluding hydrogens is 295 g/mol. The van der Waals surface area contributed by atoms with Gasteiger partial charge in [0.25, 0.3) is 0 Å². The molecule has 106 valence electrons. The van der Waals surface area contributed by atoms with Gasteiger partial charge < -0.3 is 5.73 Å². The van der Waals surface area contributed by atoms with Crippen LogP contribution in [0.3, 0.4) is 0 Å². The Balaban J connectivity index is 2.12. The molecule has 0 bridgehead atoms. The monoisotopic (exact) mass is 303 g/mol. The number of nitrogen functional groups attached to an aromatic ring is 1. The second kappa shape index (κ2) is 4.08. The third kappa shape index (κ3) is 1.82. The van der Waals surface area contributed by atoms with Gasteiger partial charge in [-0.3, -0.25) is 0 Å². The zero-order valence-electron chi connectivity index (χ0n) is 10.0. The normalized spacial score (nSPS) is 17.2. The Labute approximate surface area is 116 Å². The van der Waals surface area contributed by atoms with E-state index in [9.17, 15) is 13.2 Å². The van der Waals surface area contributed by atoms with Gasteiger partial charge in [-0.2, -0.15) is 13.2 Å². The van der Waals surface area contributed by atoms with Crippen LogP contribution in [0.15, 0.2) is 18.2 Å². The number of halogens is 4. The highest BCUT2D eigenvalue weighted by molar-refractivity contribution is 6.31. The summed E-state index contributed by atoms with van der Waals surface area (Å²) < 4.78 is 40.3. The maximum Gasteiger partial charge on any atom is 0.413 e. The molecule has 1 fully saturated rings. The van der Waals surface area contributed by atoms with Crippen molar-refractivity contribution >= 4 is 17.3 Å². The number of nitrogens with zero attached hydrogens (tertiary/aromatic N) is 4. The van der Waals surface area contributed by atoms with Gasteiger partial charge in [0, 0.05) is 16.3 Å². The first kappa shape index (κ1) is 13.2. The summed E-state index contributed by atoms with van der Waals surface area (Å²) in [6, 6.07) is 4.48. The van der Waals surface area contributed by atoms with Crippen LogP contribution in [0.4, 0.5) is 18.9 Å². The lowest BCUT2D eigenvalue weighted by Gasteiger charge is -2.20. The highest BCUT2D eigenvalue weighted by Gasteiger charge is 2.66. The molecule has 1 heterocycles. The zero-order chi connectivity index (χ0) is 14.5. The highest BCUT2D eigenvalue weighted by atomic mass is 35.5. The van der Waals surface area contributed by atoms with Gasteiger partial charge in [0.2, 0.25) is 0 Å². The van der Waals surface area contributed by atoms with Crippen LogP contribution in [0.5, 0.6) is 0 Å². The van der Waals surface area contributed by atoms with E-state index in [1.54, 1.807) is 0 Å². The minimum Gasteiger partial charge on any atom is -0.398 e. The molecule has 1 aromatic carbocycles. The van der Waals surface area contributed by atoms with Crippen molar-refractivity contribution in [3.8, 4) is 11.4 Å². The standard InChI is InChI=1S/C11H9ClF3N5/c12-6-1-2-7(8(16)5-6)9-17-18-19-20(9)10(3-4-10)11(13,14)15/h1-2,5H,3-4,16H2. The maximum absolute atomic E-state index is 13.2. The van der Waals surface area contributed by atoms with Gasteiger partial charge in [-0.15, -0.1) is 5.10 Å². The number of rotatable bonds is 2. The number of alkyl halides is 3. The van der Waals surface area contributed by atoms with Crippen LogP contribution >= 0.6 is 11.6 Å². The van der Waals surface area contributed by atoms with Crippen molar-refractivity contribution in [3.63, 3.8) is 0 Å². The average molecular weight is 304 g/mol. The number of hydrogen-bond acceptors (Lipinski definition) is 4. The molecule has 1 aliphatic carbocycles. The predicted molar refractivity (Wildman–Crippen MR) is 65.9 cm³/mol. The quantitative estimate of drug-likeness (QED) is 0.866. The third-order valence-corrected chi connectivity index (χ3v) is 3.62. The van der Waals surface area contributed by atoms with E-state index >= 15 is 0 Å². The summed E-state index contributed by atoms with van der Waals surface area (Å²) in [5.41, 5.74) is 4.32. The fourth-order valence-corrected chi connectivity index (χ4v) is 2.29. The van der Waals surface area contributed by atoms with Crippen LogP contribution in [0.2, 0.25) is 5.02 Å². The fraction of sp³-hybridized carbons (Fsp3) is 0.364. The molecule has 0 radical (unpaired) electrons. The van der Waals surface area contributed by atoms with Crippen molar-refractivity contribution in [1.82, 2.24) is 20.2 Å². The number of hydrogen-bond donors (Lipinski definition) is 1.